The van der Waals surface area contributed by atoms with E-state index in [2.05, 4.69) is 24.1 Å². The van der Waals surface area contributed by atoms with Gasteiger partial charge in [-0.2, -0.15) is 0 Å². The van der Waals surface area contributed by atoms with Crippen LogP contribution < -0.4 is 5.32 Å². The number of rotatable bonds is 4. The number of ether oxygens (including phenoxy) is 1. The molecule has 0 aromatic carbocycles. The fourth-order valence-electron chi connectivity index (χ4n) is 3.40. The Kier molecular flexibility index (Phi) is 3.32. The highest BCUT2D eigenvalue weighted by atomic mass is 16.5. The first-order chi connectivity index (χ1) is 8.66. The van der Waals surface area contributed by atoms with E-state index in [1.807, 2.05) is 0 Å². The fourth-order valence-corrected chi connectivity index (χ4v) is 3.40. The molecule has 1 N–H and O–H groups in total. The van der Waals surface area contributed by atoms with Gasteiger partial charge < -0.3 is 9.64 Å². The van der Waals surface area contributed by atoms with Crippen LogP contribution in [0.2, 0.25) is 0 Å². The van der Waals surface area contributed by atoms with Gasteiger partial charge in [0.2, 0.25) is 5.91 Å². The molecule has 0 aromatic rings. The van der Waals surface area contributed by atoms with E-state index in [0.29, 0.717) is 30.5 Å². The standard InChI is InChI=1S/C14H24N2O2/c1-9(2)7-12-15-8-13(17)16(12)11-5-6-18-14(11)10-3-4-10/h9-12,14-15H,3-8H2,1-2H3. The SMILES string of the molecule is CC(C)CC1NCC(=O)N1C1CCOC1C1CC1. The van der Waals surface area contributed by atoms with E-state index in [1.54, 1.807) is 0 Å². The van der Waals surface area contributed by atoms with Gasteiger partial charge in [-0.25, -0.2) is 0 Å². The average molecular weight is 252 g/mol. The summed E-state index contributed by atoms with van der Waals surface area (Å²) in [5.74, 6) is 1.59. The fraction of sp³-hybridized carbons (Fsp3) is 0.929. The molecule has 0 radical (unpaired) electrons. The minimum absolute atomic E-state index is 0.227. The topological polar surface area (TPSA) is 41.6 Å². The molecule has 3 rings (SSSR count). The van der Waals surface area contributed by atoms with Crippen molar-refractivity contribution >= 4 is 5.91 Å². The number of amides is 1. The predicted molar refractivity (Wildman–Crippen MR) is 69.0 cm³/mol. The zero-order valence-corrected chi connectivity index (χ0v) is 11.4. The number of carbonyl (C=O) groups excluding carboxylic acids is 1. The van der Waals surface area contributed by atoms with Crippen molar-refractivity contribution < 1.29 is 9.53 Å². The van der Waals surface area contributed by atoms with Crippen molar-refractivity contribution in [2.45, 2.75) is 57.8 Å². The minimum atomic E-state index is 0.227. The van der Waals surface area contributed by atoms with Crippen LogP contribution in [0.1, 0.15) is 39.5 Å². The maximum Gasteiger partial charge on any atom is 0.238 e. The van der Waals surface area contributed by atoms with E-state index in [4.69, 9.17) is 4.74 Å². The van der Waals surface area contributed by atoms with Crippen LogP contribution in [0.15, 0.2) is 0 Å². The van der Waals surface area contributed by atoms with Crippen molar-refractivity contribution in [1.29, 1.82) is 0 Å². The molecule has 2 heterocycles. The molecule has 4 nitrogen and oxygen atoms in total. The molecule has 1 amide bonds. The Balaban J connectivity index is 1.72. The zero-order chi connectivity index (χ0) is 12.7. The van der Waals surface area contributed by atoms with Crippen LogP contribution in [0.4, 0.5) is 0 Å². The van der Waals surface area contributed by atoms with Gasteiger partial charge in [0.15, 0.2) is 0 Å². The van der Waals surface area contributed by atoms with E-state index in [-0.39, 0.29) is 12.1 Å². The lowest BCUT2D eigenvalue weighted by atomic mass is 10.0. The van der Waals surface area contributed by atoms with Gasteiger partial charge in [0.1, 0.15) is 0 Å². The normalized spacial score (nSPS) is 36.9. The Morgan fingerprint density at radius 1 is 1.39 bits per heavy atom. The number of hydrogen-bond acceptors (Lipinski definition) is 3. The van der Waals surface area contributed by atoms with Gasteiger partial charge >= 0.3 is 0 Å². The third kappa shape index (κ3) is 2.28. The van der Waals surface area contributed by atoms with E-state index in [0.717, 1.165) is 19.4 Å². The summed E-state index contributed by atoms with van der Waals surface area (Å²) in [6.07, 6.45) is 5.16. The number of carbonyl (C=O) groups is 1. The third-order valence-electron chi connectivity index (χ3n) is 4.35. The Morgan fingerprint density at radius 2 is 2.17 bits per heavy atom. The van der Waals surface area contributed by atoms with E-state index in [9.17, 15) is 4.79 Å². The van der Waals surface area contributed by atoms with Crippen LogP contribution in [-0.2, 0) is 9.53 Å². The van der Waals surface area contributed by atoms with Gasteiger partial charge in [-0.1, -0.05) is 13.8 Å². The van der Waals surface area contributed by atoms with Gasteiger partial charge in [-0.3, -0.25) is 10.1 Å². The van der Waals surface area contributed by atoms with Crippen molar-refractivity contribution in [3.63, 3.8) is 0 Å². The zero-order valence-electron chi connectivity index (χ0n) is 11.4. The summed E-state index contributed by atoms with van der Waals surface area (Å²) in [6, 6.07) is 0.323. The Labute approximate surface area is 109 Å². The molecule has 2 aliphatic heterocycles. The Bertz CT molecular complexity index is 328. The highest BCUT2D eigenvalue weighted by Gasteiger charge is 2.47. The Morgan fingerprint density at radius 3 is 2.83 bits per heavy atom. The number of nitrogens with zero attached hydrogens (tertiary/aromatic N) is 1. The van der Waals surface area contributed by atoms with Crippen LogP contribution in [0.5, 0.6) is 0 Å². The summed E-state index contributed by atoms with van der Waals surface area (Å²) in [5.41, 5.74) is 0. The van der Waals surface area contributed by atoms with Crippen LogP contribution in [0.3, 0.4) is 0 Å². The quantitative estimate of drug-likeness (QED) is 0.821. The number of hydrogen-bond donors (Lipinski definition) is 1. The van der Waals surface area contributed by atoms with Gasteiger partial charge in [0.25, 0.3) is 0 Å². The minimum Gasteiger partial charge on any atom is -0.376 e. The summed E-state index contributed by atoms with van der Waals surface area (Å²) < 4.78 is 5.88. The first-order valence-electron chi connectivity index (χ1n) is 7.33. The van der Waals surface area contributed by atoms with E-state index in [1.165, 1.54) is 12.8 Å². The molecular formula is C14H24N2O2. The summed E-state index contributed by atoms with van der Waals surface area (Å²) in [5, 5.41) is 3.37. The van der Waals surface area contributed by atoms with Gasteiger partial charge in [0, 0.05) is 6.61 Å². The van der Waals surface area contributed by atoms with Crippen LogP contribution >= 0.6 is 0 Å². The summed E-state index contributed by atoms with van der Waals surface area (Å²) in [7, 11) is 0. The summed E-state index contributed by atoms with van der Waals surface area (Å²) in [4.78, 5) is 14.3. The first-order valence-corrected chi connectivity index (χ1v) is 7.33. The molecule has 0 aromatic heterocycles. The molecule has 1 saturated carbocycles. The second kappa shape index (κ2) is 4.82. The monoisotopic (exact) mass is 252 g/mol. The lowest BCUT2D eigenvalue weighted by Gasteiger charge is -2.34. The Hall–Kier alpha value is -0.610. The van der Waals surface area contributed by atoms with Gasteiger partial charge in [-0.15, -0.1) is 0 Å². The molecule has 3 aliphatic rings. The predicted octanol–water partition coefficient (Wildman–Crippen LogP) is 1.36. The molecule has 1 aliphatic carbocycles. The van der Waals surface area contributed by atoms with Crippen LogP contribution in [-0.4, -0.2) is 42.3 Å². The molecule has 3 fully saturated rings. The first kappa shape index (κ1) is 12.4. The molecule has 3 unspecified atom stereocenters. The molecule has 18 heavy (non-hydrogen) atoms. The molecule has 0 spiro atoms. The van der Waals surface area contributed by atoms with E-state index < -0.39 is 0 Å². The van der Waals surface area contributed by atoms with Gasteiger partial charge in [0.05, 0.1) is 24.9 Å². The molecule has 3 atom stereocenters. The molecule has 102 valence electrons. The molecular weight excluding hydrogens is 228 g/mol. The van der Waals surface area contributed by atoms with Crippen molar-refractivity contribution in [3.05, 3.63) is 0 Å². The summed E-state index contributed by atoms with van der Waals surface area (Å²) >= 11 is 0. The maximum absolute atomic E-state index is 12.1. The van der Waals surface area contributed by atoms with Gasteiger partial charge in [-0.05, 0) is 37.5 Å². The maximum atomic E-state index is 12.1. The smallest absolute Gasteiger partial charge is 0.238 e. The highest BCUT2D eigenvalue weighted by Crippen LogP contribution is 2.41. The molecule has 0 bridgehead atoms. The number of nitrogens with one attached hydrogen (secondary N) is 1. The molecule has 4 heteroatoms. The van der Waals surface area contributed by atoms with Crippen molar-refractivity contribution in [3.8, 4) is 0 Å². The van der Waals surface area contributed by atoms with Crippen molar-refractivity contribution in [2.75, 3.05) is 13.2 Å². The second-order valence-electron chi connectivity index (χ2n) is 6.36. The average Bonchev–Trinajstić information content (AvgIpc) is 2.95. The second-order valence-corrected chi connectivity index (χ2v) is 6.36. The van der Waals surface area contributed by atoms with Crippen LogP contribution in [0.25, 0.3) is 0 Å². The van der Waals surface area contributed by atoms with Crippen LogP contribution in [0, 0.1) is 11.8 Å². The highest BCUT2D eigenvalue weighted by molar-refractivity contribution is 5.81. The third-order valence-corrected chi connectivity index (χ3v) is 4.35. The molecule has 2 saturated heterocycles. The van der Waals surface area contributed by atoms with Crippen molar-refractivity contribution in [1.82, 2.24) is 10.2 Å². The lowest BCUT2D eigenvalue weighted by molar-refractivity contribution is -0.132. The summed E-state index contributed by atoms with van der Waals surface area (Å²) in [6.45, 7) is 5.76. The largest absolute Gasteiger partial charge is 0.376 e. The van der Waals surface area contributed by atoms with Crippen molar-refractivity contribution in [2.24, 2.45) is 11.8 Å². The lowest BCUT2D eigenvalue weighted by Crippen LogP contribution is -2.49. The van der Waals surface area contributed by atoms with E-state index >= 15 is 0 Å².